The predicted octanol–water partition coefficient (Wildman–Crippen LogP) is -0.381. The molecule has 0 radical (unpaired) electrons. The molecule has 13 heavy (non-hydrogen) atoms. The molecule has 0 aliphatic heterocycles. The van der Waals surface area contributed by atoms with Gasteiger partial charge in [-0.05, 0) is 6.92 Å². The summed E-state index contributed by atoms with van der Waals surface area (Å²) in [5.74, 6) is -0.557. The van der Waals surface area contributed by atoms with E-state index in [-0.39, 0.29) is 17.8 Å². The molecule has 0 aliphatic carbocycles. The Morgan fingerprint density at radius 2 is 2.15 bits per heavy atom. The summed E-state index contributed by atoms with van der Waals surface area (Å²) >= 11 is 0. The molecular weight excluding hydrogens is 172 g/mol. The van der Waals surface area contributed by atoms with Gasteiger partial charge < -0.3 is 16.0 Å². The molecule has 1 aromatic rings. The van der Waals surface area contributed by atoms with Crippen molar-refractivity contribution in [2.24, 2.45) is 11.5 Å². The molecule has 2 unspecified atom stereocenters. The van der Waals surface area contributed by atoms with E-state index in [2.05, 4.69) is 10.1 Å². The Morgan fingerprint density at radius 3 is 2.54 bits per heavy atom. The maximum absolute atomic E-state index is 10.6. The predicted molar refractivity (Wildman–Crippen MR) is 44.9 cm³/mol. The molecule has 6 heteroatoms. The molecule has 0 aromatic carbocycles. The first-order valence-corrected chi connectivity index (χ1v) is 3.91. The first-order chi connectivity index (χ1) is 6.02. The molecule has 0 saturated heterocycles. The third-order valence-electron chi connectivity index (χ3n) is 1.84. The van der Waals surface area contributed by atoms with Crippen molar-refractivity contribution < 1.29 is 9.32 Å². The number of aromatic nitrogens is 2. The second-order valence-electron chi connectivity index (χ2n) is 2.97. The summed E-state index contributed by atoms with van der Waals surface area (Å²) in [6.45, 7) is 3.65. The van der Waals surface area contributed by atoms with Gasteiger partial charge in [0.15, 0.2) is 0 Å². The first-order valence-electron chi connectivity index (χ1n) is 3.91. The van der Waals surface area contributed by atoms with Crippen molar-refractivity contribution in [2.45, 2.75) is 25.8 Å². The lowest BCUT2D eigenvalue weighted by Gasteiger charge is -2.08. The Kier molecular flexibility index (Phi) is 2.62. The van der Waals surface area contributed by atoms with E-state index in [0.717, 1.165) is 0 Å². The second kappa shape index (κ2) is 3.53. The smallest absolute Gasteiger partial charge is 0.290 e. The Hall–Kier alpha value is -1.43. The van der Waals surface area contributed by atoms with Crippen LogP contribution in [-0.2, 0) is 0 Å². The lowest BCUT2D eigenvalue weighted by atomic mass is 10.1. The minimum absolute atomic E-state index is 0.0828. The fourth-order valence-electron chi connectivity index (χ4n) is 0.745. The van der Waals surface area contributed by atoms with Crippen LogP contribution in [0.3, 0.4) is 0 Å². The zero-order chi connectivity index (χ0) is 10.0. The van der Waals surface area contributed by atoms with Gasteiger partial charge in [-0.25, -0.2) is 0 Å². The van der Waals surface area contributed by atoms with Gasteiger partial charge in [-0.2, -0.15) is 4.98 Å². The normalized spacial score (nSPS) is 15.3. The second-order valence-corrected chi connectivity index (χ2v) is 2.97. The molecule has 1 heterocycles. The van der Waals surface area contributed by atoms with Crippen LogP contribution >= 0.6 is 0 Å². The van der Waals surface area contributed by atoms with Gasteiger partial charge in [-0.3, -0.25) is 4.79 Å². The molecule has 72 valence electrons. The lowest BCUT2D eigenvalue weighted by molar-refractivity contribution is 0.0987. The van der Waals surface area contributed by atoms with E-state index in [1.165, 1.54) is 0 Å². The molecule has 0 aliphatic rings. The first kappa shape index (κ1) is 9.66. The number of carbonyl (C=O) groups is 1. The van der Waals surface area contributed by atoms with Crippen molar-refractivity contribution in [1.82, 2.24) is 10.1 Å². The summed E-state index contributed by atoms with van der Waals surface area (Å²) < 4.78 is 4.81. The van der Waals surface area contributed by atoms with E-state index in [9.17, 15) is 4.79 Å². The van der Waals surface area contributed by atoms with Crippen LogP contribution < -0.4 is 11.5 Å². The molecular formula is C7H12N4O2. The Morgan fingerprint density at radius 1 is 1.54 bits per heavy atom. The zero-order valence-electron chi connectivity index (χ0n) is 7.52. The number of nitrogens with two attached hydrogens (primary N) is 2. The van der Waals surface area contributed by atoms with Gasteiger partial charge in [0.2, 0.25) is 5.89 Å². The van der Waals surface area contributed by atoms with E-state index < -0.39 is 5.91 Å². The maximum Gasteiger partial charge on any atom is 0.290 e. The van der Waals surface area contributed by atoms with Gasteiger partial charge in [0.1, 0.15) is 0 Å². The SMILES string of the molecule is CC(N)C(C)c1nc(C(N)=O)no1. The third-order valence-corrected chi connectivity index (χ3v) is 1.84. The van der Waals surface area contributed by atoms with Crippen molar-refractivity contribution >= 4 is 5.91 Å². The largest absolute Gasteiger partial charge is 0.363 e. The summed E-state index contributed by atoms with van der Waals surface area (Å²) in [6, 6.07) is -0.110. The number of rotatable bonds is 3. The molecule has 2 atom stereocenters. The minimum Gasteiger partial charge on any atom is -0.363 e. The lowest BCUT2D eigenvalue weighted by Crippen LogP contribution is -2.23. The summed E-state index contributed by atoms with van der Waals surface area (Å²) in [4.78, 5) is 14.4. The fourth-order valence-corrected chi connectivity index (χ4v) is 0.745. The van der Waals surface area contributed by atoms with Gasteiger partial charge >= 0.3 is 0 Å². The Balaban J connectivity index is 2.85. The molecule has 0 spiro atoms. The molecule has 1 amide bonds. The van der Waals surface area contributed by atoms with Crippen molar-refractivity contribution in [2.75, 3.05) is 0 Å². The van der Waals surface area contributed by atoms with Crippen molar-refractivity contribution in [3.63, 3.8) is 0 Å². The van der Waals surface area contributed by atoms with Crippen LogP contribution in [0.1, 0.15) is 36.3 Å². The molecule has 1 rings (SSSR count). The van der Waals surface area contributed by atoms with Crippen molar-refractivity contribution in [3.8, 4) is 0 Å². The minimum atomic E-state index is -0.702. The molecule has 1 aromatic heterocycles. The number of primary amides is 1. The summed E-state index contributed by atoms with van der Waals surface area (Å²) in [6.07, 6.45) is 0. The highest BCUT2D eigenvalue weighted by Crippen LogP contribution is 2.14. The average Bonchev–Trinajstić information content (AvgIpc) is 2.50. The molecule has 6 nitrogen and oxygen atoms in total. The van der Waals surface area contributed by atoms with Gasteiger partial charge in [0.05, 0.1) is 5.92 Å². The molecule has 0 fully saturated rings. The standard InChI is InChI=1S/C7H12N4O2/c1-3(4(2)8)7-10-6(5(9)12)11-13-7/h3-4H,8H2,1-2H3,(H2,9,12). The number of nitrogens with zero attached hydrogens (tertiary/aromatic N) is 2. The fraction of sp³-hybridized carbons (Fsp3) is 0.571. The highest BCUT2D eigenvalue weighted by atomic mass is 16.5. The molecule has 0 saturated carbocycles. The Bertz CT molecular complexity index is 307. The highest BCUT2D eigenvalue weighted by molar-refractivity contribution is 5.88. The summed E-state index contributed by atoms with van der Waals surface area (Å²) in [7, 11) is 0. The van der Waals surface area contributed by atoms with Crippen LogP contribution in [0.5, 0.6) is 0 Å². The van der Waals surface area contributed by atoms with E-state index in [1.807, 2.05) is 13.8 Å². The van der Waals surface area contributed by atoms with Gasteiger partial charge in [-0.1, -0.05) is 12.1 Å². The van der Waals surface area contributed by atoms with E-state index >= 15 is 0 Å². The maximum atomic E-state index is 10.6. The average molecular weight is 184 g/mol. The van der Waals surface area contributed by atoms with Crippen molar-refractivity contribution in [3.05, 3.63) is 11.7 Å². The quantitative estimate of drug-likeness (QED) is 0.665. The van der Waals surface area contributed by atoms with Gasteiger partial charge in [0.25, 0.3) is 11.7 Å². The topological polar surface area (TPSA) is 108 Å². The summed E-state index contributed by atoms with van der Waals surface area (Å²) in [5.41, 5.74) is 10.6. The highest BCUT2D eigenvalue weighted by Gasteiger charge is 2.19. The summed E-state index contributed by atoms with van der Waals surface area (Å²) in [5, 5.41) is 3.40. The van der Waals surface area contributed by atoms with Crippen LogP contribution in [-0.4, -0.2) is 22.1 Å². The number of hydrogen-bond donors (Lipinski definition) is 2. The van der Waals surface area contributed by atoms with Crippen LogP contribution in [0.2, 0.25) is 0 Å². The number of carbonyl (C=O) groups excluding carboxylic acids is 1. The number of hydrogen-bond acceptors (Lipinski definition) is 5. The van der Waals surface area contributed by atoms with Crippen molar-refractivity contribution in [1.29, 1.82) is 0 Å². The van der Waals surface area contributed by atoms with Gasteiger partial charge in [-0.15, -0.1) is 0 Å². The van der Waals surface area contributed by atoms with E-state index in [0.29, 0.717) is 5.89 Å². The van der Waals surface area contributed by atoms with E-state index in [1.54, 1.807) is 0 Å². The zero-order valence-corrected chi connectivity index (χ0v) is 7.52. The van der Waals surface area contributed by atoms with Crippen LogP contribution in [0, 0.1) is 0 Å². The van der Waals surface area contributed by atoms with E-state index in [4.69, 9.17) is 16.0 Å². The molecule has 4 N–H and O–H groups in total. The van der Waals surface area contributed by atoms with Crippen LogP contribution in [0.25, 0.3) is 0 Å². The molecule has 0 bridgehead atoms. The monoisotopic (exact) mass is 184 g/mol. The number of amides is 1. The Labute approximate surface area is 75.3 Å². The van der Waals surface area contributed by atoms with Gasteiger partial charge in [0, 0.05) is 6.04 Å². The van der Waals surface area contributed by atoms with Crippen LogP contribution in [0.4, 0.5) is 0 Å². The third kappa shape index (κ3) is 2.03. The van der Waals surface area contributed by atoms with Crippen LogP contribution in [0.15, 0.2) is 4.52 Å².